The van der Waals surface area contributed by atoms with Gasteiger partial charge >= 0.3 is 6.18 Å². The summed E-state index contributed by atoms with van der Waals surface area (Å²) in [6.07, 6.45) is -3.61. The minimum absolute atomic E-state index is 0.00319. The minimum Gasteiger partial charge on any atom is -0.382 e. The van der Waals surface area contributed by atoms with E-state index in [9.17, 15) is 27.2 Å². The molecule has 0 saturated carbocycles. The highest BCUT2D eigenvalue weighted by molar-refractivity contribution is 5.98. The van der Waals surface area contributed by atoms with Crippen LogP contribution in [0.4, 0.5) is 27.8 Å². The van der Waals surface area contributed by atoms with E-state index < -0.39 is 41.2 Å². The number of amides is 2. The van der Waals surface area contributed by atoms with Crippen LogP contribution >= 0.6 is 0 Å². The highest BCUT2D eigenvalue weighted by atomic mass is 19.4. The summed E-state index contributed by atoms with van der Waals surface area (Å²) in [7, 11) is 0. The molecule has 2 N–H and O–H groups in total. The molecule has 41 heavy (non-hydrogen) atoms. The second kappa shape index (κ2) is 9.78. The fraction of sp³-hybridized carbons (Fsp3) is 0.296. The number of likely N-dealkylation sites (tertiary alicyclic amines) is 1. The van der Waals surface area contributed by atoms with Crippen LogP contribution in [0.2, 0.25) is 0 Å². The lowest BCUT2D eigenvalue weighted by molar-refractivity contribution is -0.136. The van der Waals surface area contributed by atoms with E-state index in [1.54, 1.807) is 0 Å². The monoisotopic (exact) mass is 571 g/mol. The van der Waals surface area contributed by atoms with Gasteiger partial charge in [0.1, 0.15) is 23.8 Å². The van der Waals surface area contributed by atoms with Gasteiger partial charge in [0, 0.05) is 31.3 Å². The zero-order valence-electron chi connectivity index (χ0n) is 21.3. The molecule has 2 aliphatic rings. The second-order valence-corrected chi connectivity index (χ2v) is 10.00. The quantitative estimate of drug-likeness (QED) is 0.377. The van der Waals surface area contributed by atoms with Crippen LogP contribution in [-0.2, 0) is 23.8 Å². The third-order valence-corrected chi connectivity index (χ3v) is 7.48. The number of aromatic nitrogens is 4. The fourth-order valence-corrected chi connectivity index (χ4v) is 5.44. The normalized spacial score (nSPS) is 19.2. The molecule has 0 radical (unpaired) electrons. The number of hydrogen-bond acceptors (Lipinski definition) is 6. The second-order valence-electron chi connectivity index (χ2n) is 10.00. The molecule has 1 fully saturated rings. The van der Waals surface area contributed by atoms with Crippen molar-refractivity contribution in [1.82, 2.24) is 29.4 Å². The van der Waals surface area contributed by atoms with Gasteiger partial charge in [0.15, 0.2) is 5.82 Å². The van der Waals surface area contributed by atoms with Crippen molar-refractivity contribution in [3.8, 4) is 11.3 Å². The predicted molar refractivity (Wildman–Crippen MR) is 136 cm³/mol. The zero-order chi connectivity index (χ0) is 29.1. The van der Waals surface area contributed by atoms with E-state index in [1.807, 2.05) is 0 Å². The van der Waals surface area contributed by atoms with E-state index in [0.717, 1.165) is 16.9 Å². The summed E-state index contributed by atoms with van der Waals surface area (Å²) in [5, 5.41) is 3.93. The Labute approximate surface area is 229 Å². The van der Waals surface area contributed by atoms with Gasteiger partial charge in [0.25, 0.3) is 5.91 Å². The van der Waals surface area contributed by atoms with E-state index >= 15 is 4.39 Å². The molecule has 2 atom stereocenters. The lowest BCUT2D eigenvalue weighted by Gasteiger charge is -2.33. The van der Waals surface area contributed by atoms with Gasteiger partial charge in [0.05, 0.1) is 41.5 Å². The highest BCUT2D eigenvalue weighted by Crippen LogP contribution is 2.39. The fourth-order valence-electron chi connectivity index (χ4n) is 5.44. The average Bonchev–Trinajstić information content (AvgIpc) is 3.52. The summed E-state index contributed by atoms with van der Waals surface area (Å²) >= 11 is 0. The molecule has 2 amide bonds. The van der Waals surface area contributed by atoms with E-state index in [0.29, 0.717) is 17.7 Å². The smallest absolute Gasteiger partial charge is 0.382 e. The molecule has 9 nitrogen and oxygen atoms in total. The summed E-state index contributed by atoms with van der Waals surface area (Å²) in [5.74, 6) is -1.68. The number of anilines is 1. The first-order valence-electron chi connectivity index (χ1n) is 12.7. The average molecular weight is 572 g/mol. The number of nitrogens with two attached hydrogens (primary N) is 1. The summed E-state index contributed by atoms with van der Waals surface area (Å²) in [5.41, 5.74) is 5.60. The van der Waals surface area contributed by atoms with Crippen molar-refractivity contribution in [1.29, 1.82) is 0 Å². The number of pyridine rings is 1. The maximum absolute atomic E-state index is 15.2. The maximum atomic E-state index is 15.2. The van der Waals surface area contributed by atoms with E-state index in [2.05, 4.69) is 15.1 Å². The Balaban J connectivity index is 1.26. The molecule has 6 rings (SSSR count). The molecule has 14 heteroatoms. The van der Waals surface area contributed by atoms with Crippen molar-refractivity contribution in [3.05, 3.63) is 77.1 Å². The Bertz CT molecular complexity index is 1670. The highest BCUT2D eigenvalue weighted by Gasteiger charge is 2.43. The van der Waals surface area contributed by atoms with Gasteiger partial charge < -0.3 is 15.5 Å². The topological polar surface area (TPSA) is 110 Å². The number of carbonyl (C=O) groups is 2. The lowest BCUT2D eigenvalue weighted by atomic mass is 9.99. The maximum Gasteiger partial charge on any atom is 0.418 e. The van der Waals surface area contributed by atoms with Crippen LogP contribution in [0.15, 0.2) is 48.9 Å². The van der Waals surface area contributed by atoms with Gasteiger partial charge in [-0.05, 0) is 29.8 Å². The molecule has 212 valence electrons. The third kappa shape index (κ3) is 4.72. The van der Waals surface area contributed by atoms with Crippen LogP contribution in [0.1, 0.15) is 27.2 Å². The standard InChI is InChI=1S/C27H22F5N7O2/c28-16-3-1-14(2-4-16)7-23(40)37-11-19(29)22(12-37)38-6-5-20-17(26(38)41)8-15(10-34-20)21-9-18(27(30,31)32)24-25(33)35-13-36-39(21)24/h1-4,8-10,13,19,22H,5-7,11-12H2,(H2,33,35,36). The number of nitrogen functional groups attached to an aromatic ring is 1. The number of carbonyl (C=O) groups excluding carboxylic acids is 2. The van der Waals surface area contributed by atoms with Gasteiger partial charge in [-0.1, -0.05) is 12.1 Å². The SMILES string of the molecule is Nc1ncnn2c(-c3cnc4c(c3)C(=O)N(C3CN(C(=O)Cc5ccc(F)cc5)CC3F)CC4)cc(C(F)(F)F)c12. The van der Waals surface area contributed by atoms with Crippen molar-refractivity contribution in [2.75, 3.05) is 25.4 Å². The van der Waals surface area contributed by atoms with E-state index in [-0.39, 0.29) is 54.6 Å². The lowest BCUT2D eigenvalue weighted by Crippen LogP contribution is -2.49. The number of rotatable bonds is 4. The summed E-state index contributed by atoms with van der Waals surface area (Å²) < 4.78 is 70.7. The predicted octanol–water partition coefficient (Wildman–Crippen LogP) is 3.32. The Morgan fingerprint density at radius 2 is 1.85 bits per heavy atom. The summed E-state index contributed by atoms with van der Waals surface area (Å²) in [6.45, 7) is -0.0553. The molecule has 1 aromatic carbocycles. The first-order valence-corrected chi connectivity index (χ1v) is 12.7. The number of halogens is 5. The van der Waals surface area contributed by atoms with Crippen molar-refractivity contribution >= 4 is 23.1 Å². The molecule has 0 spiro atoms. The Kier molecular flexibility index (Phi) is 6.35. The van der Waals surface area contributed by atoms with Crippen LogP contribution in [0, 0.1) is 5.82 Å². The van der Waals surface area contributed by atoms with Gasteiger partial charge in [0.2, 0.25) is 5.91 Å². The van der Waals surface area contributed by atoms with Crippen molar-refractivity contribution in [2.24, 2.45) is 0 Å². The number of benzene rings is 1. The zero-order valence-corrected chi connectivity index (χ0v) is 21.3. The van der Waals surface area contributed by atoms with Crippen LogP contribution in [0.5, 0.6) is 0 Å². The van der Waals surface area contributed by atoms with Crippen LogP contribution < -0.4 is 5.73 Å². The molecule has 2 unspecified atom stereocenters. The molecule has 4 aromatic rings. The molecule has 0 aliphatic carbocycles. The van der Waals surface area contributed by atoms with Gasteiger partial charge in [-0.2, -0.15) is 18.3 Å². The number of hydrogen-bond donors (Lipinski definition) is 1. The molecular formula is C27H22F5N7O2. The number of fused-ring (bicyclic) bond motifs is 2. The largest absolute Gasteiger partial charge is 0.418 e. The molecule has 2 aliphatic heterocycles. The third-order valence-electron chi connectivity index (χ3n) is 7.48. The Hall–Kier alpha value is -4.62. The Morgan fingerprint density at radius 3 is 2.59 bits per heavy atom. The molecule has 5 heterocycles. The summed E-state index contributed by atoms with van der Waals surface area (Å²) in [4.78, 5) is 37.0. The molecule has 1 saturated heterocycles. The van der Waals surface area contributed by atoms with Crippen LogP contribution in [-0.4, -0.2) is 73.0 Å². The van der Waals surface area contributed by atoms with Gasteiger partial charge in [-0.3, -0.25) is 14.6 Å². The Morgan fingerprint density at radius 1 is 1.10 bits per heavy atom. The summed E-state index contributed by atoms with van der Waals surface area (Å²) in [6, 6.07) is 6.81. The van der Waals surface area contributed by atoms with Crippen molar-refractivity contribution < 1.29 is 31.5 Å². The molecular weight excluding hydrogens is 549 g/mol. The van der Waals surface area contributed by atoms with Crippen LogP contribution in [0.25, 0.3) is 16.8 Å². The molecule has 3 aromatic heterocycles. The first-order chi connectivity index (χ1) is 19.5. The van der Waals surface area contributed by atoms with Crippen LogP contribution in [0.3, 0.4) is 0 Å². The van der Waals surface area contributed by atoms with Crippen molar-refractivity contribution in [3.63, 3.8) is 0 Å². The number of alkyl halides is 4. The van der Waals surface area contributed by atoms with Gasteiger partial charge in [-0.15, -0.1) is 0 Å². The van der Waals surface area contributed by atoms with E-state index in [4.69, 9.17) is 5.73 Å². The van der Waals surface area contributed by atoms with Crippen molar-refractivity contribution in [2.45, 2.75) is 31.2 Å². The van der Waals surface area contributed by atoms with E-state index in [1.165, 1.54) is 46.3 Å². The number of nitrogens with zero attached hydrogens (tertiary/aromatic N) is 6. The first kappa shape index (κ1) is 26.6. The van der Waals surface area contributed by atoms with Gasteiger partial charge in [-0.25, -0.2) is 18.3 Å². The minimum atomic E-state index is -4.74. The molecule has 0 bridgehead atoms.